The predicted molar refractivity (Wildman–Crippen MR) is 102 cm³/mol. The highest BCUT2D eigenvalue weighted by Gasteiger charge is 2.09. The van der Waals surface area contributed by atoms with Gasteiger partial charge in [0.2, 0.25) is 0 Å². The summed E-state index contributed by atoms with van der Waals surface area (Å²) in [6.07, 6.45) is 0. The summed E-state index contributed by atoms with van der Waals surface area (Å²) in [7, 11) is 0. The lowest BCUT2D eigenvalue weighted by Gasteiger charge is -2.13. The maximum absolute atomic E-state index is 12.3. The molecule has 0 saturated heterocycles. The topological polar surface area (TPSA) is 38.3 Å². The van der Waals surface area contributed by atoms with Crippen LogP contribution in [0.5, 0.6) is 5.75 Å². The molecule has 0 aromatic heterocycles. The Morgan fingerprint density at radius 2 is 1.64 bits per heavy atom. The molecule has 0 unspecified atom stereocenters. The van der Waals surface area contributed by atoms with Gasteiger partial charge in [-0.2, -0.15) is 0 Å². The lowest BCUT2D eigenvalue weighted by Crippen LogP contribution is -2.20. The van der Waals surface area contributed by atoms with Gasteiger partial charge in [0.05, 0.1) is 0 Å². The third-order valence-electron chi connectivity index (χ3n) is 4.00. The molecule has 25 heavy (non-hydrogen) atoms. The van der Waals surface area contributed by atoms with Crippen LogP contribution in [0.1, 0.15) is 11.1 Å². The number of benzene rings is 3. The molecule has 0 bridgehead atoms. The van der Waals surface area contributed by atoms with Crippen molar-refractivity contribution in [2.24, 2.45) is 0 Å². The average Bonchev–Trinajstić information content (AvgIpc) is 2.64. The summed E-state index contributed by atoms with van der Waals surface area (Å²) < 4.78 is 5.78. The van der Waals surface area contributed by atoms with Crippen LogP contribution in [0.15, 0.2) is 72.8 Å². The molecule has 3 aromatic carbocycles. The van der Waals surface area contributed by atoms with E-state index in [9.17, 15) is 4.79 Å². The van der Waals surface area contributed by atoms with Gasteiger partial charge < -0.3 is 10.1 Å². The molecule has 3 nitrogen and oxygen atoms in total. The number of carbonyl (C=O) groups is 1. The molecule has 0 spiro atoms. The van der Waals surface area contributed by atoms with E-state index in [-0.39, 0.29) is 12.5 Å². The maximum Gasteiger partial charge on any atom is 0.262 e. The zero-order valence-corrected chi connectivity index (χ0v) is 14.5. The molecule has 3 heteroatoms. The number of aryl methyl sites for hydroxylation is 2. The molecule has 1 N–H and O–H groups in total. The largest absolute Gasteiger partial charge is 0.483 e. The molecular formula is C22H21NO2. The highest BCUT2D eigenvalue weighted by Crippen LogP contribution is 2.29. The van der Waals surface area contributed by atoms with Gasteiger partial charge in [0.25, 0.3) is 5.91 Å². The maximum atomic E-state index is 12.3. The summed E-state index contributed by atoms with van der Waals surface area (Å²) in [5.74, 6) is 0.529. The Labute approximate surface area is 148 Å². The normalized spacial score (nSPS) is 10.3. The summed E-state index contributed by atoms with van der Waals surface area (Å²) in [4.78, 5) is 12.3. The van der Waals surface area contributed by atoms with E-state index in [2.05, 4.69) is 5.32 Å². The van der Waals surface area contributed by atoms with E-state index < -0.39 is 0 Å². The van der Waals surface area contributed by atoms with Gasteiger partial charge in [-0.3, -0.25) is 4.79 Å². The molecule has 0 aliphatic carbocycles. The van der Waals surface area contributed by atoms with Crippen LogP contribution in [0.2, 0.25) is 0 Å². The molecule has 126 valence electrons. The first-order valence-electron chi connectivity index (χ1n) is 8.28. The van der Waals surface area contributed by atoms with Gasteiger partial charge in [-0.1, -0.05) is 60.7 Å². The lowest BCUT2D eigenvalue weighted by atomic mass is 10.1. The second-order valence-electron chi connectivity index (χ2n) is 6.02. The zero-order valence-electron chi connectivity index (χ0n) is 14.5. The van der Waals surface area contributed by atoms with Crippen molar-refractivity contribution in [1.29, 1.82) is 0 Å². The number of nitrogens with one attached hydrogen (secondary N) is 1. The number of ether oxygens (including phenoxy) is 1. The van der Waals surface area contributed by atoms with Gasteiger partial charge in [0, 0.05) is 11.3 Å². The van der Waals surface area contributed by atoms with Crippen molar-refractivity contribution < 1.29 is 9.53 Å². The minimum atomic E-state index is -0.170. The van der Waals surface area contributed by atoms with Crippen LogP contribution in [0.4, 0.5) is 5.69 Å². The third kappa shape index (κ3) is 4.27. The van der Waals surface area contributed by atoms with Gasteiger partial charge >= 0.3 is 0 Å². The number of anilines is 1. The highest BCUT2D eigenvalue weighted by atomic mass is 16.5. The quantitative estimate of drug-likeness (QED) is 0.715. The summed E-state index contributed by atoms with van der Waals surface area (Å²) in [5.41, 5.74) is 5.00. The molecule has 0 atom stereocenters. The molecule has 0 aliphatic rings. The van der Waals surface area contributed by atoms with Crippen LogP contribution < -0.4 is 10.1 Å². The lowest BCUT2D eigenvalue weighted by molar-refractivity contribution is -0.118. The molecule has 0 aliphatic heterocycles. The van der Waals surface area contributed by atoms with Gasteiger partial charge in [-0.15, -0.1) is 0 Å². The number of hydrogen-bond donors (Lipinski definition) is 1. The minimum Gasteiger partial charge on any atom is -0.483 e. The van der Waals surface area contributed by atoms with Gasteiger partial charge in [-0.05, 0) is 42.7 Å². The van der Waals surface area contributed by atoms with Gasteiger partial charge in [0.15, 0.2) is 6.61 Å². The van der Waals surface area contributed by atoms with Crippen LogP contribution in [0.25, 0.3) is 11.1 Å². The van der Waals surface area contributed by atoms with Crippen molar-refractivity contribution in [2.45, 2.75) is 13.8 Å². The summed E-state index contributed by atoms with van der Waals surface area (Å²) in [6, 6.07) is 23.7. The molecule has 0 fully saturated rings. The first kappa shape index (κ1) is 16.8. The van der Waals surface area contributed by atoms with E-state index in [1.807, 2.05) is 86.6 Å². The number of carbonyl (C=O) groups excluding carboxylic acids is 1. The zero-order chi connectivity index (χ0) is 17.6. The van der Waals surface area contributed by atoms with Crippen molar-refractivity contribution in [2.75, 3.05) is 11.9 Å². The molecule has 0 saturated carbocycles. The van der Waals surface area contributed by atoms with Gasteiger partial charge in [-0.25, -0.2) is 0 Å². The van der Waals surface area contributed by atoms with Crippen molar-refractivity contribution >= 4 is 11.6 Å². The summed E-state index contributed by atoms with van der Waals surface area (Å²) in [6.45, 7) is 3.94. The predicted octanol–water partition coefficient (Wildman–Crippen LogP) is 4.99. The van der Waals surface area contributed by atoms with Crippen molar-refractivity contribution in [3.63, 3.8) is 0 Å². The van der Waals surface area contributed by atoms with Crippen molar-refractivity contribution in [3.8, 4) is 16.9 Å². The SMILES string of the molecule is Cc1ccc(C)c(NC(=O)COc2ccccc2-c2ccccc2)c1. The number of para-hydroxylation sites is 1. The molecule has 0 heterocycles. The Morgan fingerprint density at radius 3 is 2.44 bits per heavy atom. The third-order valence-corrected chi connectivity index (χ3v) is 4.00. The molecule has 3 rings (SSSR count). The van der Waals surface area contributed by atoms with E-state index in [0.717, 1.165) is 27.9 Å². The fourth-order valence-corrected chi connectivity index (χ4v) is 2.65. The Kier molecular flexibility index (Phi) is 5.14. The van der Waals surface area contributed by atoms with Crippen LogP contribution in [0, 0.1) is 13.8 Å². The van der Waals surface area contributed by atoms with Crippen molar-refractivity contribution in [1.82, 2.24) is 0 Å². The van der Waals surface area contributed by atoms with E-state index in [1.165, 1.54) is 0 Å². The number of hydrogen-bond acceptors (Lipinski definition) is 2. The van der Waals surface area contributed by atoms with Gasteiger partial charge in [0.1, 0.15) is 5.75 Å². The van der Waals surface area contributed by atoms with E-state index in [0.29, 0.717) is 5.75 Å². The highest BCUT2D eigenvalue weighted by molar-refractivity contribution is 5.92. The first-order chi connectivity index (χ1) is 12.1. The Morgan fingerprint density at radius 1 is 0.920 bits per heavy atom. The van der Waals surface area contributed by atoms with E-state index >= 15 is 0 Å². The van der Waals surface area contributed by atoms with Crippen LogP contribution in [0.3, 0.4) is 0 Å². The average molecular weight is 331 g/mol. The van der Waals surface area contributed by atoms with Crippen LogP contribution in [-0.4, -0.2) is 12.5 Å². The fraction of sp³-hybridized carbons (Fsp3) is 0.136. The molecule has 0 radical (unpaired) electrons. The second-order valence-corrected chi connectivity index (χ2v) is 6.02. The summed E-state index contributed by atoms with van der Waals surface area (Å²) in [5, 5.41) is 2.92. The van der Waals surface area contributed by atoms with Crippen LogP contribution >= 0.6 is 0 Å². The summed E-state index contributed by atoms with van der Waals surface area (Å²) >= 11 is 0. The minimum absolute atomic E-state index is 0.0305. The monoisotopic (exact) mass is 331 g/mol. The smallest absolute Gasteiger partial charge is 0.262 e. The molecular weight excluding hydrogens is 310 g/mol. The van der Waals surface area contributed by atoms with Crippen LogP contribution in [-0.2, 0) is 4.79 Å². The second kappa shape index (κ2) is 7.67. The van der Waals surface area contributed by atoms with E-state index in [4.69, 9.17) is 4.74 Å². The van der Waals surface area contributed by atoms with Crippen molar-refractivity contribution in [3.05, 3.63) is 83.9 Å². The Hall–Kier alpha value is -3.07. The molecule has 3 aromatic rings. The fourth-order valence-electron chi connectivity index (χ4n) is 2.65. The Bertz CT molecular complexity index is 872. The first-order valence-corrected chi connectivity index (χ1v) is 8.28. The number of rotatable bonds is 5. The molecule has 1 amide bonds. The Balaban J connectivity index is 1.70. The standard InChI is InChI=1S/C22H21NO2/c1-16-12-13-17(2)20(14-16)23-22(24)15-25-21-11-7-6-10-19(21)18-8-4-3-5-9-18/h3-14H,15H2,1-2H3,(H,23,24). The van der Waals surface area contributed by atoms with E-state index in [1.54, 1.807) is 0 Å². The number of amides is 1.